The summed E-state index contributed by atoms with van der Waals surface area (Å²) >= 11 is 0. The van der Waals surface area contributed by atoms with Crippen LogP contribution in [0.3, 0.4) is 0 Å². The molecule has 6 nitrogen and oxygen atoms in total. The maximum absolute atomic E-state index is 13.1. The number of β-amino-alcohol motifs (C(OH)–C–C–N with tert-alkyl or cyclic N) is 1. The van der Waals surface area contributed by atoms with Gasteiger partial charge < -0.3 is 19.7 Å². The van der Waals surface area contributed by atoms with Gasteiger partial charge in [-0.25, -0.2) is 4.39 Å². The number of hydrogen-bond acceptors (Lipinski definition) is 4. The molecule has 1 aromatic heterocycles. The van der Waals surface area contributed by atoms with E-state index in [9.17, 15) is 19.1 Å². The van der Waals surface area contributed by atoms with Crippen LogP contribution in [-0.2, 0) is 9.53 Å². The first kappa shape index (κ1) is 27.3. The molecule has 0 spiro atoms. The van der Waals surface area contributed by atoms with Gasteiger partial charge in [-0.1, -0.05) is 39.0 Å². The van der Waals surface area contributed by atoms with Crippen molar-refractivity contribution in [1.82, 2.24) is 9.88 Å². The van der Waals surface area contributed by atoms with E-state index in [0.717, 1.165) is 13.0 Å². The molecule has 3 rings (SSSR count). The third-order valence-electron chi connectivity index (χ3n) is 4.97. The Kier molecular flexibility index (Phi) is 12.2. The van der Waals surface area contributed by atoms with E-state index >= 15 is 0 Å². The largest absolute Gasteiger partial charge is 0.391 e. The fraction of sp³-hybridized carbons (Fsp3) is 0.440. The SMILES string of the molecule is C/C=C\C=C(/CC)COC.CC.O=CN1CC(O)CC1C(=O)c1c[nH]c2cc(F)ccc12. The topological polar surface area (TPSA) is 82.6 Å². The molecule has 1 saturated heterocycles. The highest BCUT2D eigenvalue weighted by molar-refractivity contribution is 6.10. The second kappa shape index (κ2) is 14.3. The van der Waals surface area contributed by atoms with Crippen LogP contribution in [0.15, 0.2) is 48.2 Å². The zero-order chi connectivity index (χ0) is 24.1. The minimum atomic E-state index is -0.684. The van der Waals surface area contributed by atoms with E-state index in [1.165, 1.54) is 34.9 Å². The maximum atomic E-state index is 13.1. The Bertz CT molecular complexity index is 920. The van der Waals surface area contributed by atoms with Crippen LogP contribution in [0.2, 0.25) is 0 Å². The molecule has 2 N–H and O–H groups in total. The minimum Gasteiger partial charge on any atom is -0.391 e. The summed E-state index contributed by atoms with van der Waals surface area (Å²) in [6.45, 7) is 9.06. The van der Waals surface area contributed by atoms with Crippen molar-refractivity contribution in [3.63, 3.8) is 0 Å². The van der Waals surface area contributed by atoms with Crippen LogP contribution in [0.4, 0.5) is 4.39 Å². The number of aromatic nitrogens is 1. The highest BCUT2D eigenvalue weighted by Gasteiger charge is 2.36. The van der Waals surface area contributed by atoms with Crippen LogP contribution in [0.1, 0.15) is 50.9 Å². The quantitative estimate of drug-likeness (QED) is 0.368. The number of carbonyl (C=O) groups is 2. The molecule has 1 aromatic carbocycles. The Labute approximate surface area is 189 Å². The average molecular weight is 447 g/mol. The number of aromatic amines is 1. The van der Waals surface area contributed by atoms with Crippen molar-refractivity contribution in [2.45, 2.75) is 52.7 Å². The van der Waals surface area contributed by atoms with E-state index in [1.54, 1.807) is 7.11 Å². The third kappa shape index (κ3) is 7.43. The first-order valence-electron chi connectivity index (χ1n) is 10.9. The molecule has 2 heterocycles. The van der Waals surface area contributed by atoms with Crippen molar-refractivity contribution in [2.24, 2.45) is 0 Å². The first-order valence-corrected chi connectivity index (χ1v) is 10.9. The zero-order valence-corrected chi connectivity index (χ0v) is 19.6. The lowest BCUT2D eigenvalue weighted by atomic mass is 10.0. The average Bonchev–Trinajstić information content (AvgIpc) is 3.40. The predicted octanol–water partition coefficient (Wildman–Crippen LogP) is 4.65. The van der Waals surface area contributed by atoms with Gasteiger partial charge in [0.05, 0.1) is 18.8 Å². The maximum Gasteiger partial charge on any atom is 0.210 e. The molecule has 0 radical (unpaired) electrons. The molecule has 0 bridgehead atoms. The van der Waals surface area contributed by atoms with Crippen LogP contribution < -0.4 is 0 Å². The lowest BCUT2D eigenvalue weighted by molar-refractivity contribution is -0.118. The zero-order valence-electron chi connectivity index (χ0n) is 19.6. The summed E-state index contributed by atoms with van der Waals surface area (Å²) in [7, 11) is 1.72. The number of fused-ring (bicyclic) bond motifs is 1. The Morgan fingerprint density at radius 1 is 1.38 bits per heavy atom. The molecule has 1 aliphatic heterocycles. The normalized spacial score (nSPS) is 18.2. The number of halogens is 1. The van der Waals surface area contributed by atoms with E-state index in [-0.39, 0.29) is 24.6 Å². The Morgan fingerprint density at radius 2 is 2.09 bits per heavy atom. The number of ether oxygens (including phenoxy) is 1. The molecule has 2 unspecified atom stereocenters. The number of rotatable bonds is 7. The molecule has 1 aliphatic rings. The van der Waals surface area contributed by atoms with Gasteiger partial charge in [-0.15, -0.1) is 0 Å². The Balaban J connectivity index is 0.000000364. The molecule has 2 atom stereocenters. The highest BCUT2D eigenvalue weighted by Crippen LogP contribution is 2.25. The fourth-order valence-corrected chi connectivity index (χ4v) is 3.38. The van der Waals surface area contributed by atoms with Crippen molar-refractivity contribution in [3.8, 4) is 0 Å². The van der Waals surface area contributed by atoms with Gasteiger partial charge in [0.2, 0.25) is 6.41 Å². The van der Waals surface area contributed by atoms with Crippen LogP contribution in [0, 0.1) is 5.82 Å². The number of carbonyl (C=O) groups excluding carboxylic acids is 2. The van der Waals surface area contributed by atoms with Crippen LogP contribution >= 0.6 is 0 Å². The van der Waals surface area contributed by atoms with E-state index < -0.39 is 12.1 Å². The van der Waals surface area contributed by atoms with Crippen LogP contribution in [-0.4, -0.2) is 59.6 Å². The van der Waals surface area contributed by atoms with Crippen molar-refractivity contribution >= 4 is 23.1 Å². The van der Waals surface area contributed by atoms with Gasteiger partial charge in [-0.2, -0.15) is 0 Å². The lowest BCUT2D eigenvalue weighted by Gasteiger charge is -2.17. The number of nitrogens with zero attached hydrogens (tertiary/aromatic N) is 1. The summed E-state index contributed by atoms with van der Waals surface area (Å²) in [5.41, 5.74) is 2.27. The molecule has 0 aliphatic carbocycles. The molecule has 176 valence electrons. The van der Waals surface area contributed by atoms with Crippen molar-refractivity contribution < 1.29 is 23.8 Å². The van der Waals surface area contributed by atoms with Crippen LogP contribution in [0.5, 0.6) is 0 Å². The lowest BCUT2D eigenvalue weighted by Crippen LogP contribution is -2.35. The summed E-state index contributed by atoms with van der Waals surface area (Å²) in [5.74, 6) is -0.629. The second-order valence-corrected chi connectivity index (χ2v) is 7.10. The molecule has 0 saturated carbocycles. The van der Waals surface area contributed by atoms with Crippen molar-refractivity contribution in [1.29, 1.82) is 0 Å². The number of Topliss-reactive ketones (excluding diaryl/α,β-unsaturated/α-hetero) is 1. The molecular formula is C25H35FN2O4. The van der Waals surface area contributed by atoms with E-state index in [4.69, 9.17) is 4.74 Å². The molecule has 2 aromatic rings. The number of benzene rings is 1. The Hall–Kier alpha value is -2.77. The predicted molar refractivity (Wildman–Crippen MR) is 126 cm³/mol. The van der Waals surface area contributed by atoms with Gasteiger partial charge in [0.15, 0.2) is 5.78 Å². The van der Waals surface area contributed by atoms with Crippen molar-refractivity contribution in [2.75, 3.05) is 20.3 Å². The van der Waals surface area contributed by atoms with E-state index in [2.05, 4.69) is 18.0 Å². The summed E-state index contributed by atoms with van der Waals surface area (Å²) in [5, 5.41) is 10.2. The van der Waals surface area contributed by atoms with Gasteiger partial charge in [-0.05, 0) is 37.1 Å². The summed E-state index contributed by atoms with van der Waals surface area (Å²) in [4.78, 5) is 27.6. The van der Waals surface area contributed by atoms with Gasteiger partial charge in [0.25, 0.3) is 0 Å². The van der Waals surface area contributed by atoms with Gasteiger partial charge in [0, 0.05) is 42.7 Å². The molecular weight excluding hydrogens is 411 g/mol. The number of ketones is 1. The minimum absolute atomic E-state index is 0.164. The van der Waals surface area contributed by atoms with Gasteiger partial charge in [-0.3, -0.25) is 9.59 Å². The Morgan fingerprint density at radius 3 is 2.69 bits per heavy atom. The number of nitrogens with one attached hydrogen (secondary N) is 1. The van der Waals surface area contributed by atoms with E-state index in [0.29, 0.717) is 22.9 Å². The number of hydrogen-bond donors (Lipinski definition) is 2. The highest BCUT2D eigenvalue weighted by atomic mass is 19.1. The number of aliphatic hydroxyl groups is 1. The second-order valence-electron chi connectivity index (χ2n) is 7.10. The molecule has 1 amide bonds. The molecule has 7 heteroatoms. The smallest absolute Gasteiger partial charge is 0.210 e. The summed E-state index contributed by atoms with van der Waals surface area (Å²) in [6, 6.07) is 3.47. The molecule has 1 fully saturated rings. The van der Waals surface area contributed by atoms with E-state index in [1.807, 2.05) is 32.9 Å². The first-order chi connectivity index (χ1) is 15.4. The number of methoxy groups -OCH3 is 1. The number of likely N-dealkylation sites (tertiary alicyclic amines) is 1. The van der Waals surface area contributed by atoms with Crippen LogP contribution in [0.25, 0.3) is 10.9 Å². The third-order valence-corrected chi connectivity index (χ3v) is 4.97. The molecule has 32 heavy (non-hydrogen) atoms. The number of allylic oxidation sites excluding steroid dienone is 3. The summed E-state index contributed by atoms with van der Waals surface area (Å²) < 4.78 is 18.1. The standard InChI is InChI=1S/C14H13FN2O3.C9H16O.C2H6/c15-8-1-2-10-11(5-16-12(10)3-8)14(20)13-4-9(19)6-17(13)7-18;1-4-6-7-9(5-2)8-10-3;1-2/h1-3,5,7,9,13,16,19H,4,6H2;4,6-7H,5,8H2,1-3H3;1-2H3/b;6-4-,9-7+;. The number of amides is 1. The van der Waals surface area contributed by atoms with Gasteiger partial charge in [0.1, 0.15) is 5.82 Å². The van der Waals surface area contributed by atoms with Gasteiger partial charge >= 0.3 is 0 Å². The number of H-pyrrole nitrogens is 1. The van der Waals surface area contributed by atoms with Crippen molar-refractivity contribution in [3.05, 3.63) is 59.6 Å². The number of aliphatic hydroxyl groups excluding tert-OH is 1. The fourth-order valence-electron chi connectivity index (χ4n) is 3.38. The monoisotopic (exact) mass is 446 g/mol. The summed E-state index contributed by atoms with van der Waals surface area (Å²) in [6.07, 6.45) is 8.86.